The summed E-state index contributed by atoms with van der Waals surface area (Å²) in [6.07, 6.45) is 0.316. The van der Waals surface area contributed by atoms with Gasteiger partial charge < -0.3 is 15.8 Å². The largest absolute Gasteiger partial charge is 0.384 e. The number of benzene rings is 1. The molecule has 1 aromatic carbocycles. The molecule has 0 saturated carbocycles. The van der Waals surface area contributed by atoms with Gasteiger partial charge in [0.15, 0.2) is 0 Å². The molecule has 0 unspecified atom stereocenters. The molecule has 1 aliphatic heterocycles. The monoisotopic (exact) mass is 208 g/mol. The lowest BCUT2D eigenvalue weighted by Crippen LogP contribution is -2.12. The molecule has 3 N–H and O–H groups in total. The van der Waals surface area contributed by atoms with Gasteiger partial charge in [-0.3, -0.25) is 4.79 Å². The zero-order chi connectivity index (χ0) is 11.1. The molecule has 0 aromatic heterocycles. The van der Waals surface area contributed by atoms with Gasteiger partial charge in [0.05, 0.1) is 6.61 Å². The molecule has 4 nitrogen and oxygen atoms in total. The maximum atomic E-state index is 9.90. The minimum absolute atomic E-state index is 0.316. The molecule has 0 atom stereocenters. The molecule has 4 heteroatoms. The van der Waals surface area contributed by atoms with E-state index in [-0.39, 0.29) is 5.91 Å². The first-order valence-electron chi connectivity index (χ1n) is 4.83. The smallest absolute Gasteiger partial charge is 0.219 e. The summed E-state index contributed by atoms with van der Waals surface area (Å²) in [4.78, 5) is 9.90. The summed E-state index contributed by atoms with van der Waals surface area (Å²) < 4.78 is 4.55. The number of carbonyl (C=O) groups excluding carboxylic acids is 1. The molecule has 15 heavy (non-hydrogen) atoms. The van der Waals surface area contributed by atoms with Crippen molar-refractivity contribution in [2.24, 2.45) is 5.73 Å². The van der Waals surface area contributed by atoms with Crippen molar-refractivity contribution in [1.29, 1.82) is 0 Å². The van der Waals surface area contributed by atoms with Crippen LogP contribution in [0.1, 0.15) is 12.0 Å². The van der Waals surface area contributed by atoms with E-state index in [9.17, 15) is 4.79 Å². The van der Waals surface area contributed by atoms with Gasteiger partial charge >= 0.3 is 0 Å². The average Bonchev–Trinajstić information content (AvgIpc) is 2.18. The number of fused-ring (bicyclic) bond motifs is 1. The molecule has 0 fully saturated rings. The summed E-state index contributed by atoms with van der Waals surface area (Å²) in [6.45, 7) is 1.48. The second-order valence-corrected chi connectivity index (χ2v) is 3.22. The van der Waals surface area contributed by atoms with E-state index in [0.29, 0.717) is 13.0 Å². The number of hydrogen-bond acceptors (Lipinski definition) is 3. The predicted molar refractivity (Wildman–Crippen MR) is 59.5 cm³/mol. The highest BCUT2D eigenvalue weighted by Gasteiger charge is 2.07. The van der Waals surface area contributed by atoms with Gasteiger partial charge in [-0.05, 0) is 11.6 Å². The lowest BCUT2D eigenvalue weighted by Gasteiger charge is -2.19. The standard InChI is InChI=1S/C7H7N.C4H9NO2/c1-2-4-7-6(3-1)5-8-7;1-7-3-2-4(5)6/h1-4,8H,5H2;2-3H2,1H3,(H2,5,6). The van der Waals surface area contributed by atoms with Gasteiger partial charge in [0.1, 0.15) is 0 Å². The van der Waals surface area contributed by atoms with Crippen molar-refractivity contribution in [3.8, 4) is 0 Å². The molecule has 2 rings (SSSR count). The Balaban J connectivity index is 0.000000153. The van der Waals surface area contributed by atoms with E-state index in [1.165, 1.54) is 18.4 Å². The fourth-order valence-corrected chi connectivity index (χ4v) is 1.13. The van der Waals surface area contributed by atoms with Crippen LogP contribution in [0.3, 0.4) is 0 Å². The van der Waals surface area contributed by atoms with Gasteiger partial charge in [0.2, 0.25) is 5.91 Å². The number of methoxy groups -OCH3 is 1. The molecular weight excluding hydrogens is 192 g/mol. The summed E-state index contributed by atoms with van der Waals surface area (Å²) in [5.74, 6) is -0.318. The van der Waals surface area contributed by atoms with Gasteiger partial charge in [-0.1, -0.05) is 18.2 Å². The first-order valence-corrected chi connectivity index (χ1v) is 4.83. The third kappa shape index (κ3) is 3.99. The van der Waals surface area contributed by atoms with Crippen LogP contribution in [0.25, 0.3) is 0 Å². The second kappa shape index (κ2) is 6.03. The second-order valence-electron chi connectivity index (χ2n) is 3.22. The Labute approximate surface area is 89.4 Å². The molecule has 0 radical (unpaired) electrons. The summed E-state index contributed by atoms with van der Waals surface area (Å²) in [5, 5.41) is 3.19. The van der Waals surface area contributed by atoms with Crippen LogP contribution < -0.4 is 11.1 Å². The van der Waals surface area contributed by atoms with Crippen LogP contribution in [-0.4, -0.2) is 19.6 Å². The van der Waals surface area contributed by atoms with Crippen molar-refractivity contribution in [3.63, 3.8) is 0 Å². The van der Waals surface area contributed by atoms with Crippen LogP contribution in [0.15, 0.2) is 24.3 Å². The summed E-state index contributed by atoms with van der Waals surface area (Å²) in [7, 11) is 1.53. The first-order chi connectivity index (χ1) is 7.24. The van der Waals surface area contributed by atoms with E-state index in [1.54, 1.807) is 0 Å². The molecule has 0 aliphatic carbocycles. The van der Waals surface area contributed by atoms with Crippen molar-refractivity contribution in [2.75, 3.05) is 19.0 Å². The fraction of sp³-hybridized carbons (Fsp3) is 0.364. The maximum absolute atomic E-state index is 9.90. The van der Waals surface area contributed by atoms with Crippen molar-refractivity contribution in [1.82, 2.24) is 0 Å². The molecule has 1 heterocycles. The molecular formula is C11H16N2O2. The molecule has 0 spiro atoms. The third-order valence-corrected chi connectivity index (χ3v) is 2.04. The topological polar surface area (TPSA) is 64.3 Å². The number of para-hydroxylation sites is 1. The Morgan fingerprint density at radius 3 is 2.53 bits per heavy atom. The number of hydrogen-bond donors (Lipinski definition) is 2. The Hall–Kier alpha value is -1.55. The van der Waals surface area contributed by atoms with E-state index < -0.39 is 0 Å². The Morgan fingerprint density at radius 1 is 1.53 bits per heavy atom. The predicted octanol–water partition coefficient (Wildman–Crippen LogP) is 1.12. The van der Waals surface area contributed by atoms with Crippen LogP contribution in [0, 0.1) is 0 Å². The van der Waals surface area contributed by atoms with Crippen molar-refractivity contribution in [2.45, 2.75) is 13.0 Å². The van der Waals surface area contributed by atoms with E-state index in [4.69, 9.17) is 5.73 Å². The third-order valence-electron chi connectivity index (χ3n) is 2.04. The van der Waals surface area contributed by atoms with Gasteiger partial charge in [0.25, 0.3) is 0 Å². The van der Waals surface area contributed by atoms with Crippen LogP contribution >= 0.6 is 0 Å². The normalized spacial score (nSPS) is 11.3. The van der Waals surface area contributed by atoms with E-state index in [0.717, 1.165) is 6.54 Å². The van der Waals surface area contributed by atoms with Crippen molar-refractivity contribution >= 4 is 11.6 Å². The molecule has 0 bridgehead atoms. The van der Waals surface area contributed by atoms with Crippen molar-refractivity contribution in [3.05, 3.63) is 29.8 Å². The number of nitrogens with one attached hydrogen (secondary N) is 1. The average molecular weight is 208 g/mol. The number of primary amides is 1. The fourth-order valence-electron chi connectivity index (χ4n) is 1.13. The molecule has 1 aliphatic rings. The van der Waals surface area contributed by atoms with E-state index in [1.807, 2.05) is 6.07 Å². The molecule has 82 valence electrons. The van der Waals surface area contributed by atoms with Crippen LogP contribution in [0.2, 0.25) is 0 Å². The highest BCUT2D eigenvalue weighted by Crippen LogP contribution is 2.23. The molecule has 1 amide bonds. The van der Waals surface area contributed by atoms with Crippen LogP contribution in [-0.2, 0) is 16.1 Å². The lowest BCUT2D eigenvalue weighted by atomic mass is 10.1. The summed E-state index contributed by atoms with van der Waals surface area (Å²) >= 11 is 0. The number of nitrogens with two attached hydrogens (primary N) is 1. The lowest BCUT2D eigenvalue weighted by molar-refractivity contribution is -0.118. The van der Waals surface area contributed by atoms with Gasteiger partial charge in [0, 0.05) is 25.8 Å². The van der Waals surface area contributed by atoms with Crippen molar-refractivity contribution < 1.29 is 9.53 Å². The Bertz CT molecular complexity index is 303. The number of anilines is 1. The SMILES string of the molecule is COCCC(N)=O.c1ccc2c(c1)CN2. The summed E-state index contributed by atoms with van der Waals surface area (Å²) in [6, 6.07) is 8.36. The Morgan fingerprint density at radius 2 is 2.27 bits per heavy atom. The first kappa shape index (κ1) is 11.5. The summed E-state index contributed by atoms with van der Waals surface area (Å²) in [5.41, 5.74) is 7.50. The highest BCUT2D eigenvalue weighted by atomic mass is 16.5. The number of amides is 1. The minimum atomic E-state index is -0.318. The Kier molecular flexibility index (Phi) is 4.63. The van der Waals surface area contributed by atoms with Gasteiger partial charge in [-0.15, -0.1) is 0 Å². The quantitative estimate of drug-likeness (QED) is 0.782. The number of carbonyl (C=O) groups is 1. The maximum Gasteiger partial charge on any atom is 0.219 e. The molecule has 0 saturated heterocycles. The van der Waals surface area contributed by atoms with E-state index in [2.05, 4.69) is 28.3 Å². The highest BCUT2D eigenvalue weighted by molar-refractivity contribution is 5.73. The van der Waals surface area contributed by atoms with E-state index >= 15 is 0 Å². The van der Waals surface area contributed by atoms with Gasteiger partial charge in [-0.2, -0.15) is 0 Å². The number of rotatable bonds is 3. The van der Waals surface area contributed by atoms with Crippen LogP contribution in [0.4, 0.5) is 5.69 Å². The molecule has 1 aromatic rings. The zero-order valence-electron chi connectivity index (χ0n) is 8.82. The van der Waals surface area contributed by atoms with Gasteiger partial charge in [-0.25, -0.2) is 0 Å². The number of ether oxygens (including phenoxy) is 1. The minimum Gasteiger partial charge on any atom is -0.384 e. The van der Waals surface area contributed by atoms with Crippen LogP contribution in [0.5, 0.6) is 0 Å². The zero-order valence-corrected chi connectivity index (χ0v) is 8.82.